The molecule has 0 atom stereocenters. The van der Waals surface area contributed by atoms with Crippen LogP contribution in [-0.2, 0) is 11.2 Å². The molecule has 0 unspecified atom stereocenters. The summed E-state index contributed by atoms with van der Waals surface area (Å²) in [6.45, 7) is 0. The van der Waals surface area contributed by atoms with Gasteiger partial charge in [-0.25, -0.2) is 9.48 Å². The van der Waals surface area contributed by atoms with Gasteiger partial charge >= 0.3 is 5.97 Å². The second kappa shape index (κ2) is 6.98. The van der Waals surface area contributed by atoms with Gasteiger partial charge < -0.3 is 9.72 Å². The fourth-order valence-corrected chi connectivity index (χ4v) is 2.77. The van der Waals surface area contributed by atoms with Crippen molar-refractivity contribution in [3.8, 4) is 5.69 Å². The number of hydrogen-bond donors (Lipinski definition) is 1. The van der Waals surface area contributed by atoms with Gasteiger partial charge in [0.1, 0.15) is 5.82 Å². The van der Waals surface area contributed by atoms with E-state index in [1.54, 1.807) is 28.9 Å². The molecule has 0 bridgehead atoms. The maximum Gasteiger partial charge on any atom is 0.337 e. The minimum Gasteiger partial charge on any atom is -0.465 e. The van der Waals surface area contributed by atoms with Crippen LogP contribution in [0.4, 0.5) is 0 Å². The third-order valence-corrected chi connectivity index (χ3v) is 4.16. The quantitative estimate of drug-likeness (QED) is 0.565. The van der Waals surface area contributed by atoms with E-state index in [9.17, 15) is 4.79 Å². The molecule has 2 aromatic carbocycles. The monoisotopic (exact) mass is 359 g/mol. The van der Waals surface area contributed by atoms with Crippen LogP contribution in [0.15, 0.2) is 48.5 Å². The standard InChI is InChI=1S/C17H14ClN3O2S/c1-23-16(22)11-6-8-13(9-7-11)21-17(24)19-15(20-21)10-12-4-2-3-5-14(12)18/h2-9H,10H2,1H3,(H,19,20,24). The van der Waals surface area contributed by atoms with E-state index in [4.69, 9.17) is 23.8 Å². The molecule has 0 spiro atoms. The van der Waals surface area contributed by atoms with Crippen molar-refractivity contribution >= 4 is 29.8 Å². The van der Waals surface area contributed by atoms with Crippen molar-refractivity contribution in [1.82, 2.24) is 14.8 Å². The Morgan fingerprint density at radius 3 is 2.62 bits per heavy atom. The number of hydrogen-bond acceptors (Lipinski definition) is 4. The van der Waals surface area contributed by atoms with Crippen molar-refractivity contribution < 1.29 is 9.53 Å². The summed E-state index contributed by atoms with van der Waals surface area (Å²) in [5.74, 6) is 0.330. The Morgan fingerprint density at radius 1 is 1.25 bits per heavy atom. The number of aromatic nitrogens is 3. The van der Waals surface area contributed by atoms with Crippen molar-refractivity contribution in [1.29, 1.82) is 0 Å². The van der Waals surface area contributed by atoms with Crippen molar-refractivity contribution in [2.75, 3.05) is 7.11 Å². The molecule has 1 aromatic heterocycles. The summed E-state index contributed by atoms with van der Waals surface area (Å²) in [4.78, 5) is 14.6. The van der Waals surface area contributed by atoms with Crippen LogP contribution in [0.2, 0.25) is 5.02 Å². The molecular weight excluding hydrogens is 346 g/mol. The van der Waals surface area contributed by atoms with E-state index in [1.165, 1.54) is 7.11 Å². The Labute approximate surface area is 148 Å². The number of carbonyl (C=O) groups is 1. The lowest BCUT2D eigenvalue weighted by atomic mass is 10.1. The molecule has 0 aliphatic heterocycles. The van der Waals surface area contributed by atoms with E-state index in [-0.39, 0.29) is 5.97 Å². The van der Waals surface area contributed by atoms with Crippen LogP contribution in [-0.4, -0.2) is 27.8 Å². The number of methoxy groups -OCH3 is 1. The molecule has 0 saturated carbocycles. The summed E-state index contributed by atoms with van der Waals surface area (Å²) in [6, 6.07) is 14.5. The second-order valence-electron chi connectivity index (χ2n) is 5.10. The third-order valence-electron chi connectivity index (χ3n) is 3.51. The highest BCUT2D eigenvalue weighted by Crippen LogP contribution is 2.18. The van der Waals surface area contributed by atoms with Gasteiger partial charge in [-0.1, -0.05) is 29.8 Å². The number of halogens is 1. The highest BCUT2D eigenvalue weighted by atomic mass is 35.5. The lowest BCUT2D eigenvalue weighted by Gasteiger charge is -2.03. The molecule has 5 nitrogen and oxygen atoms in total. The maximum atomic E-state index is 11.5. The summed E-state index contributed by atoms with van der Waals surface area (Å²) in [7, 11) is 1.35. The van der Waals surface area contributed by atoms with Crippen LogP contribution >= 0.6 is 23.8 Å². The Balaban J connectivity index is 1.88. The van der Waals surface area contributed by atoms with E-state index in [0.29, 0.717) is 27.6 Å². The normalized spacial score (nSPS) is 10.6. The smallest absolute Gasteiger partial charge is 0.337 e. The van der Waals surface area contributed by atoms with Crippen LogP contribution in [0.25, 0.3) is 5.69 Å². The Kier molecular flexibility index (Phi) is 4.78. The zero-order chi connectivity index (χ0) is 17.1. The predicted octanol–water partition coefficient (Wildman–Crippen LogP) is 3.96. The molecule has 0 amide bonds. The van der Waals surface area contributed by atoms with Gasteiger partial charge in [0.15, 0.2) is 4.77 Å². The maximum absolute atomic E-state index is 11.5. The molecule has 1 N–H and O–H groups in total. The summed E-state index contributed by atoms with van der Waals surface area (Å²) in [6.07, 6.45) is 0.552. The van der Waals surface area contributed by atoms with Crippen LogP contribution in [0.3, 0.4) is 0 Å². The van der Waals surface area contributed by atoms with Gasteiger partial charge in [-0.3, -0.25) is 0 Å². The van der Waals surface area contributed by atoms with Crippen LogP contribution < -0.4 is 0 Å². The first-order valence-electron chi connectivity index (χ1n) is 7.19. The van der Waals surface area contributed by atoms with Gasteiger partial charge in [0, 0.05) is 11.4 Å². The van der Waals surface area contributed by atoms with E-state index in [2.05, 4.69) is 14.8 Å². The predicted molar refractivity (Wildman–Crippen MR) is 94.3 cm³/mol. The van der Waals surface area contributed by atoms with Crippen molar-refractivity contribution in [3.05, 3.63) is 75.3 Å². The average Bonchev–Trinajstić information content (AvgIpc) is 2.97. The molecule has 122 valence electrons. The Hall–Kier alpha value is -2.44. The Morgan fingerprint density at radius 2 is 1.96 bits per heavy atom. The zero-order valence-corrected chi connectivity index (χ0v) is 14.4. The fraction of sp³-hybridized carbons (Fsp3) is 0.118. The molecule has 0 aliphatic carbocycles. The van der Waals surface area contributed by atoms with Gasteiger partial charge in [0.25, 0.3) is 0 Å². The van der Waals surface area contributed by atoms with Crippen molar-refractivity contribution in [2.24, 2.45) is 0 Å². The number of rotatable bonds is 4. The number of ether oxygens (including phenoxy) is 1. The third kappa shape index (κ3) is 3.39. The molecule has 0 fully saturated rings. The number of carbonyl (C=O) groups excluding carboxylic acids is 1. The SMILES string of the molecule is COC(=O)c1ccc(-n2nc(Cc3ccccc3Cl)[nH]c2=S)cc1. The lowest BCUT2D eigenvalue weighted by Crippen LogP contribution is -2.02. The van der Waals surface area contributed by atoms with E-state index < -0.39 is 0 Å². The van der Waals surface area contributed by atoms with Gasteiger partial charge in [-0.2, -0.15) is 5.10 Å². The number of H-pyrrole nitrogens is 1. The summed E-state index contributed by atoms with van der Waals surface area (Å²) in [5, 5.41) is 5.18. The van der Waals surface area contributed by atoms with E-state index >= 15 is 0 Å². The highest BCUT2D eigenvalue weighted by Gasteiger charge is 2.09. The number of nitrogens with zero attached hydrogens (tertiary/aromatic N) is 2. The fourth-order valence-electron chi connectivity index (χ4n) is 2.30. The van der Waals surface area contributed by atoms with Crippen LogP contribution in [0.5, 0.6) is 0 Å². The largest absolute Gasteiger partial charge is 0.465 e. The average molecular weight is 360 g/mol. The summed E-state index contributed by atoms with van der Waals surface area (Å²) in [5.41, 5.74) is 2.20. The molecule has 0 saturated heterocycles. The van der Waals surface area contributed by atoms with E-state index in [0.717, 1.165) is 11.3 Å². The zero-order valence-electron chi connectivity index (χ0n) is 12.8. The van der Waals surface area contributed by atoms with Crippen molar-refractivity contribution in [3.63, 3.8) is 0 Å². The molecule has 3 rings (SSSR count). The second-order valence-corrected chi connectivity index (χ2v) is 5.89. The van der Waals surface area contributed by atoms with Gasteiger partial charge in [-0.05, 0) is 48.1 Å². The van der Waals surface area contributed by atoms with Gasteiger partial charge in [-0.15, -0.1) is 0 Å². The molecular formula is C17H14ClN3O2S. The number of benzene rings is 2. The Bertz CT molecular complexity index is 932. The lowest BCUT2D eigenvalue weighted by molar-refractivity contribution is 0.0601. The highest BCUT2D eigenvalue weighted by molar-refractivity contribution is 7.71. The molecule has 3 aromatic rings. The summed E-state index contributed by atoms with van der Waals surface area (Å²) >= 11 is 11.5. The molecule has 7 heteroatoms. The molecule has 24 heavy (non-hydrogen) atoms. The number of nitrogens with one attached hydrogen (secondary N) is 1. The minimum atomic E-state index is -0.383. The molecule has 0 radical (unpaired) electrons. The van der Waals surface area contributed by atoms with Gasteiger partial charge in [0.2, 0.25) is 0 Å². The first kappa shape index (κ1) is 16.4. The minimum absolute atomic E-state index is 0.383. The van der Waals surface area contributed by atoms with Crippen LogP contribution in [0.1, 0.15) is 21.7 Å². The molecule has 1 heterocycles. The first-order chi connectivity index (χ1) is 11.6. The summed E-state index contributed by atoms with van der Waals surface area (Å²) < 4.78 is 6.78. The van der Waals surface area contributed by atoms with Crippen LogP contribution in [0, 0.1) is 4.77 Å². The topological polar surface area (TPSA) is 59.9 Å². The van der Waals surface area contributed by atoms with E-state index in [1.807, 2.05) is 24.3 Å². The first-order valence-corrected chi connectivity index (χ1v) is 7.97. The van der Waals surface area contributed by atoms with Gasteiger partial charge in [0.05, 0.1) is 18.4 Å². The number of aromatic amines is 1. The molecule has 0 aliphatic rings. The van der Waals surface area contributed by atoms with Crippen molar-refractivity contribution in [2.45, 2.75) is 6.42 Å². The number of esters is 1.